The van der Waals surface area contributed by atoms with Crippen LogP contribution in [0.4, 0.5) is 5.69 Å². The number of amides is 1. The van der Waals surface area contributed by atoms with Gasteiger partial charge in [-0.3, -0.25) is 4.79 Å². The van der Waals surface area contributed by atoms with Crippen molar-refractivity contribution >= 4 is 17.4 Å². The van der Waals surface area contributed by atoms with Gasteiger partial charge in [-0.15, -0.1) is 0 Å². The van der Waals surface area contributed by atoms with Gasteiger partial charge in [-0.25, -0.2) is 4.99 Å². The van der Waals surface area contributed by atoms with Gasteiger partial charge in [-0.1, -0.05) is 13.8 Å². The molecule has 1 aromatic rings. The highest BCUT2D eigenvalue weighted by Crippen LogP contribution is 2.11. The van der Waals surface area contributed by atoms with E-state index in [1.54, 1.807) is 6.20 Å². The summed E-state index contributed by atoms with van der Waals surface area (Å²) in [5, 5.41) is 6.09. The molecule has 0 spiro atoms. The number of anilines is 1. The predicted molar refractivity (Wildman–Crippen MR) is 86.8 cm³/mol. The summed E-state index contributed by atoms with van der Waals surface area (Å²) in [6.45, 7) is 7.81. The summed E-state index contributed by atoms with van der Waals surface area (Å²) >= 11 is 0. The number of nitrogens with one attached hydrogen (secondary N) is 2. The van der Waals surface area contributed by atoms with Crippen molar-refractivity contribution in [3.63, 3.8) is 0 Å². The van der Waals surface area contributed by atoms with Crippen LogP contribution in [-0.2, 0) is 0 Å². The molecule has 0 unspecified atom stereocenters. The Hall–Kier alpha value is -2.14. The average molecular weight is 286 g/mol. The van der Waals surface area contributed by atoms with Crippen LogP contribution in [0.1, 0.15) is 24.2 Å². The minimum Gasteiger partial charge on any atom is -0.351 e. The van der Waals surface area contributed by atoms with Gasteiger partial charge in [0, 0.05) is 30.5 Å². The molecule has 1 amide bonds. The van der Waals surface area contributed by atoms with Crippen LogP contribution >= 0.6 is 0 Å². The van der Waals surface area contributed by atoms with Crippen molar-refractivity contribution in [3.05, 3.63) is 42.1 Å². The molecule has 2 N–H and O–H groups in total. The zero-order valence-corrected chi connectivity index (χ0v) is 12.6. The van der Waals surface area contributed by atoms with Crippen LogP contribution in [0.2, 0.25) is 0 Å². The van der Waals surface area contributed by atoms with E-state index in [-0.39, 0.29) is 5.91 Å². The standard InChI is InChI=1S/C16H22N4O/c1-3-20(4-2)12-11-18-16(21)13-5-7-14(8-6-13)19-15-9-10-17-15/h5-10H,3-4,11-12H2,1-2H3,(H,17,19)(H,18,21). The molecule has 0 fully saturated rings. The fraction of sp³-hybridized carbons (Fsp3) is 0.375. The first-order valence-electron chi connectivity index (χ1n) is 7.35. The third-order valence-electron chi connectivity index (χ3n) is 3.47. The Morgan fingerprint density at radius 1 is 1.19 bits per heavy atom. The molecular formula is C16H22N4O. The van der Waals surface area contributed by atoms with Crippen LogP contribution < -0.4 is 10.6 Å². The van der Waals surface area contributed by atoms with E-state index in [9.17, 15) is 4.79 Å². The molecule has 0 bridgehead atoms. The van der Waals surface area contributed by atoms with Gasteiger partial charge in [0.25, 0.3) is 5.91 Å². The van der Waals surface area contributed by atoms with Crippen LogP contribution in [0.3, 0.4) is 0 Å². The SMILES string of the molecule is CCN(CC)CCNC(=O)c1ccc(NC2=NC=C2)cc1. The van der Waals surface area contributed by atoms with Gasteiger partial charge >= 0.3 is 0 Å². The summed E-state index contributed by atoms with van der Waals surface area (Å²) in [6, 6.07) is 7.40. The monoisotopic (exact) mass is 286 g/mol. The Labute approximate surface area is 125 Å². The smallest absolute Gasteiger partial charge is 0.251 e. The normalized spacial score (nSPS) is 12.8. The van der Waals surface area contributed by atoms with Gasteiger partial charge in [0.05, 0.1) is 0 Å². The number of aliphatic imine (C=N–C) groups is 1. The Bertz CT molecular complexity index is 530. The van der Waals surface area contributed by atoms with E-state index >= 15 is 0 Å². The number of nitrogens with zero attached hydrogens (tertiary/aromatic N) is 2. The van der Waals surface area contributed by atoms with Crippen molar-refractivity contribution in [1.29, 1.82) is 0 Å². The van der Waals surface area contributed by atoms with Gasteiger partial charge in [0.15, 0.2) is 0 Å². The van der Waals surface area contributed by atoms with Gasteiger partial charge < -0.3 is 15.5 Å². The molecule has 0 saturated heterocycles. The van der Waals surface area contributed by atoms with E-state index in [1.165, 1.54) is 0 Å². The summed E-state index contributed by atoms with van der Waals surface area (Å²) in [7, 11) is 0. The fourth-order valence-electron chi connectivity index (χ4n) is 2.05. The zero-order chi connectivity index (χ0) is 15.1. The first kappa shape index (κ1) is 15.3. The number of carbonyl (C=O) groups is 1. The van der Waals surface area contributed by atoms with Crippen LogP contribution in [-0.4, -0.2) is 42.8 Å². The summed E-state index contributed by atoms with van der Waals surface area (Å²) in [5.41, 5.74) is 1.60. The highest BCUT2D eigenvalue weighted by Gasteiger charge is 2.07. The molecule has 112 valence electrons. The molecule has 1 aromatic carbocycles. The minimum atomic E-state index is -0.0328. The molecule has 1 aliphatic rings. The molecule has 0 aliphatic carbocycles. The quantitative estimate of drug-likeness (QED) is 0.807. The number of rotatable bonds is 7. The van der Waals surface area contributed by atoms with Crippen molar-refractivity contribution in [1.82, 2.24) is 10.2 Å². The highest BCUT2D eigenvalue weighted by atomic mass is 16.1. The van der Waals surface area contributed by atoms with E-state index in [0.717, 1.165) is 31.2 Å². The van der Waals surface area contributed by atoms with E-state index in [4.69, 9.17) is 0 Å². The van der Waals surface area contributed by atoms with Crippen molar-refractivity contribution in [2.24, 2.45) is 4.99 Å². The second-order valence-electron chi connectivity index (χ2n) is 4.82. The minimum absolute atomic E-state index is 0.0328. The number of likely N-dealkylation sites (N-methyl/N-ethyl adjacent to an activating group) is 1. The summed E-state index contributed by atoms with van der Waals surface area (Å²) < 4.78 is 0. The fourth-order valence-corrected chi connectivity index (χ4v) is 2.05. The average Bonchev–Trinajstić information content (AvgIpc) is 2.48. The molecule has 5 nitrogen and oxygen atoms in total. The van der Waals surface area contributed by atoms with Crippen molar-refractivity contribution < 1.29 is 4.79 Å². The van der Waals surface area contributed by atoms with Crippen molar-refractivity contribution in [2.75, 3.05) is 31.5 Å². The van der Waals surface area contributed by atoms with Gasteiger partial charge in [0.1, 0.15) is 5.84 Å². The summed E-state index contributed by atoms with van der Waals surface area (Å²) in [4.78, 5) is 18.3. The number of carbonyl (C=O) groups excluding carboxylic acids is 1. The lowest BCUT2D eigenvalue weighted by Gasteiger charge is -2.18. The second kappa shape index (κ2) is 7.59. The van der Waals surface area contributed by atoms with Gasteiger partial charge in [-0.05, 0) is 43.4 Å². The number of hydrogen-bond acceptors (Lipinski definition) is 4. The first-order chi connectivity index (χ1) is 10.2. The second-order valence-corrected chi connectivity index (χ2v) is 4.82. The van der Waals surface area contributed by atoms with Crippen LogP contribution in [0.5, 0.6) is 0 Å². The zero-order valence-electron chi connectivity index (χ0n) is 12.6. The van der Waals surface area contributed by atoms with E-state index in [1.807, 2.05) is 30.3 Å². The van der Waals surface area contributed by atoms with Crippen molar-refractivity contribution in [2.45, 2.75) is 13.8 Å². The maximum Gasteiger partial charge on any atom is 0.251 e. The first-order valence-corrected chi connectivity index (χ1v) is 7.35. The van der Waals surface area contributed by atoms with E-state index in [0.29, 0.717) is 12.1 Å². The third kappa shape index (κ3) is 4.43. The largest absolute Gasteiger partial charge is 0.351 e. The third-order valence-corrected chi connectivity index (χ3v) is 3.47. The molecule has 2 rings (SSSR count). The topological polar surface area (TPSA) is 56.7 Å². The molecule has 0 saturated carbocycles. The lowest BCUT2D eigenvalue weighted by molar-refractivity contribution is 0.0949. The Morgan fingerprint density at radius 2 is 1.86 bits per heavy atom. The van der Waals surface area contributed by atoms with E-state index in [2.05, 4.69) is 34.4 Å². The van der Waals surface area contributed by atoms with Crippen LogP contribution in [0, 0.1) is 0 Å². The molecule has 5 heteroatoms. The lowest BCUT2D eigenvalue weighted by atomic mass is 10.2. The Kier molecular flexibility index (Phi) is 5.51. The van der Waals surface area contributed by atoms with Crippen LogP contribution in [0.15, 0.2) is 41.5 Å². The molecule has 0 aromatic heterocycles. The Balaban J connectivity index is 1.79. The predicted octanol–water partition coefficient (Wildman–Crippen LogP) is 2.10. The molecular weight excluding hydrogens is 264 g/mol. The maximum absolute atomic E-state index is 12.0. The summed E-state index contributed by atoms with van der Waals surface area (Å²) in [5.74, 6) is 0.806. The van der Waals surface area contributed by atoms with Gasteiger partial charge in [0.2, 0.25) is 0 Å². The van der Waals surface area contributed by atoms with E-state index < -0.39 is 0 Å². The van der Waals surface area contributed by atoms with Gasteiger partial charge in [-0.2, -0.15) is 0 Å². The van der Waals surface area contributed by atoms with Crippen LogP contribution in [0.25, 0.3) is 0 Å². The molecule has 0 atom stereocenters. The van der Waals surface area contributed by atoms with Crippen molar-refractivity contribution in [3.8, 4) is 0 Å². The summed E-state index contributed by atoms with van der Waals surface area (Å²) in [6.07, 6.45) is 3.63. The molecule has 1 heterocycles. The Morgan fingerprint density at radius 3 is 2.38 bits per heavy atom. The number of amidine groups is 1. The number of benzene rings is 1. The lowest BCUT2D eigenvalue weighted by Crippen LogP contribution is -2.34. The number of hydrogen-bond donors (Lipinski definition) is 2. The molecule has 21 heavy (non-hydrogen) atoms. The molecule has 0 radical (unpaired) electrons. The maximum atomic E-state index is 12.0. The molecule has 1 aliphatic heterocycles. The highest BCUT2D eigenvalue weighted by molar-refractivity contribution is 6.07.